The van der Waals surface area contributed by atoms with Crippen molar-refractivity contribution in [1.29, 1.82) is 0 Å². The number of ether oxygens (including phenoxy) is 1. The second kappa shape index (κ2) is 5.88. The van der Waals surface area contributed by atoms with E-state index in [1.54, 1.807) is 0 Å². The lowest BCUT2D eigenvalue weighted by molar-refractivity contribution is 0.176. The highest BCUT2D eigenvalue weighted by atomic mass is 79.9. The molecule has 104 valence electrons. The van der Waals surface area contributed by atoms with E-state index in [-0.39, 0.29) is 0 Å². The first-order valence-electron chi connectivity index (χ1n) is 6.52. The number of benzene rings is 2. The standard InChI is InChI=1S/C16H14Br2O2/c17-12-7-10-5-6-20-16(10)11(8-12)9-15(19)13-3-1-2-4-14(13)18/h1-4,7-8,15,19H,5-6,9H2. The number of rotatable bonds is 3. The molecule has 0 bridgehead atoms. The molecule has 1 aliphatic rings. The number of hydrogen-bond donors (Lipinski definition) is 1. The summed E-state index contributed by atoms with van der Waals surface area (Å²) in [5, 5.41) is 10.5. The summed E-state index contributed by atoms with van der Waals surface area (Å²) in [7, 11) is 0. The third-order valence-corrected chi connectivity index (χ3v) is 4.68. The van der Waals surface area contributed by atoms with Crippen molar-refractivity contribution in [1.82, 2.24) is 0 Å². The summed E-state index contributed by atoms with van der Waals surface area (Å²) >= 11 is 7.02. The summed E-state index contributed by atoms with van der Waals surface area (Å²) < 4.78 is 7.68. The maximum absolute atomic E-state index is 10.5. The monoisotopic (exact) mass is 396 g/mol. The van der Waals surface area contributed by atoms with Crippen molar-refractivity contribution < 1.29 is 9.84 Å². The summed E-state index contributed by atoms with van der Waals surface area (Å²) in [5.41, 5.74) is 3.17. The van der Waals surface area contributed by atoms with E-state index in [2.05, 4.69) is 37.9 Å². The van der Waals surface area contributed by atoms with Crippen molar-refractivity contribution in [3.05, 3.63) is 62.0 Å². The maximum Gasteiger partial charge on any atom is 0.125 e. The van der Waals surface area contributed by atoms with Crippen LogP contribution in [0.4, 0.5) is 0 Å². The first-order chi connectivity index (χ1) is 9.65. The van der Waals surface area contributed by atoms with Crippen molar-refractivity contribution in [2.45, 2.75) is 18.9 Å². The average molecular weight is 398 g/mol. The molecule has 2 aromatic carbocycles. The minimum atomic E-state index is -0.548. The zero-order valence-electron chi connectivity index (χ0n) is 10.8. The van der Waals surface area contributed by atoms with Gasteiger partial charge in [0.2, 0.25) is 0 Å². The minimum Gasteiger partial charge on any atom is -0.493 e. The summed E-state index contributed by atoms with van der Waals surface area (Å²) in [6, 6.07) is 11.9. The average Bonchev–Trinajstić information content (AvgIpc) is 2.87. The normalized spacial score (nSPS) is 14.8. The van der Waals surface area contributed by atoms with E-state index < -0.39 is 6.10 Å². The van der Waals surface area contributed by atoms with E-state index >= 15 is 0 Å². The molecule has 2 aromatic rings. The predicted molar refractivity (Wildman–Crippen MR) is 86.1 cm³/mol. The number of hydrogen-bond acceptors (Lipinski definition) is 2. The van der Waals surface area contributed by atoms with Gasteiger partial charge in [-0.2, -0.15) is 0 Å². The highest BCUT2D eigenvalue weighted by Gasteiger charge is 2.20. The number of halogens is 2. The van der Waals surface area contributed by atoms with Crippen molar-refractivity contribution >= 4 is 31.9 Å². The minimum absolute atomic E-state index is 0.546. The number of fused-ring (bicyclic) bond motifs is 1. The third kappa shape index (κ3) is 2.78. The molecule has 1 aliphatic heterocycles. The molecule has 4 heteroatoms. The molecule has 0 amide bonds. The summed E-state index contributed by atoms with van der Waals surface area (Å²) in [6.45, 7) is 0.726. The number of aliphatic hydroxyl groups is 1. The zero-order chi connectivity index (χ0) is 14.1. The van der Waals surface area contributed by atoms with Crippen LogP contribution in [0.1, 0.15) is 22.8 Å². The molecule has 1 N–H and O–H groups in total. The summed E-state index contributed by atoms with van der Waals surface area (Å²) in [5.74, 6) is 0.944. The molecule has 0 fully saturated rings. The van der Waals surface area contributed by atoms with Gasteiger partial charge >= 0.3 is 0 Å². The Balaban J connectivity index is 1.90. The quantitative estimate of drug-likeness (QED) is 0.830. The lowest BCUT2D eigenvalue weighted by Crippen LogP contribution is -2.04. The van der Waals surface area contributed by atoms with Crippen LogP contribution in [0.25, 0.3) is 0 Å². The predicted octanol–water partition coefficient (Wildman–Crippen LogP) is 4.42. The molecule has 0 saturated carbocycles. The fourth-order valence-corrected chi connectivity index (χ4v) is 3.66. The van der Waals surface area contributed by atoms with E-state index in [4.69, 9.17) is 4.74 Å². The van der Waals surface area contributed by atoms with Gasteiger partial charge in [-0.25, -0.2) is 0 Å². The Morgan fingerprint density at radius 3 is 2.80 bits per heavy atom. The molecule has 2 nitrogen and oxygen atoms in total. The van der Waals surface area contributed by atoms with E-state index in [9.17, 15) is 5.11 Å². The van der Waals surface area contributed by atoms with Crippen LogP contribution in [0.2, 0.25) is 0 Å². The summed E-state index contributed by atoms with van der Waals surface area (Å²) in [4.78, 5) is 0. The largest absolute Gasteiger partial charge is 0.493 e. The van der Waals surface area contributed by atoms with Crippen molar-refractivity contribution in [2.75, 3.05) is 6.61 Å². The molecule has 1 atom stereocenters. The zero-order valence-corrected chi connectivity index (χ0v) is 13.9. The fraction of sp³-hybridized carbons (Fsp3) is 0.250. The second-order valence-corrected chi connectivity index (χ2v) is 6.66. The van der Waals surface area contributed by atoms with Gasteiger partial charge in [0.05, 0.1) is 12.7 Å². The fourth-order valence-electron chi connectivity index (χ4n) is 2.56. The van der Waals surface area contributed by atoms with Crippen LogP contribution in [0, 0.1) is 0 Å². The van der Waals surface area contributed by atoms with Crippen LogP contribution in [-0.2, 0) is 12.8 Å². The van der Waals surface area contributed by atoms with Gasteiger partial charge in [-0.05, 0) is 34.9 Å². The van der Waals surface area contributed by atoms with Crippen LogP contribution in [0.3, 0.4) is 0 Å². The molecule has 0 spiro atoms. The SMILES string of the molecule is OC(Cc1cc(Br)cc2c1OCC2)c1ccccc1Br. The maximum atomic E-state index is 10.5. The Labute approximate surface area is 135 Å². The summed E-state index contributed by atoms with van der Waals surface area (Å²) in [6.07, 6.45) is 0.935. The van der Waals surface area contributed by atoms with Gasteiger partial charge in [0, 0.05) is 21.8 Å². The van der Waals surface area contributed by atoms with Gasteiger partial charge in [-0.1, -0.05) is 50.1 Å². The van der Waals surface area contributed by atoms with Crippen LogP contribution in [0.15, 0.2) is 45.3 Å². The highest BCUT2D eigenvalue weighted by molar-refractivity contribution is 9.10. The second-order valence-electron chi connectivity index (χ2n) is 4.89. The first-order valence-corrected chi connectivity index (χ1v) is 8.10. The molecule has 0 radical (unpaired) electrons. The van der Waals surface area contributed by atoms with Gasteiger partial charge in [-0.3, -0.25) is 0 Å². The Morgan fingerprint density at radius 1 is 1.20 bits per heavy atom. The number of aliphatic hydroxyl groups excluding tert-OH is 1. The molecule has 1 unspecified atom stereocenters. The van der Waals surface area contributed by atoms with Crippen molar-refractivity contribution in [3.63, 3.8) is 0 Å². The van der Waals surface area contributed by atoms with Crippen LogP contribution < -0.4 is 4.74 Å². The molecule has 0 aliphatic carbocycles. The van der Waals surface area contributed by atoms with Crippen LogP contribution in [0.5, 0.6) is 5.75 Å². The van der Waals surface area contributed by atoms with Gasteiger partial charge in [-0.15, -0.1) is 0 Å². The first kappa shape index (κ1) is 14.1. The lowest BCUT2D eigenvalue weighted by Gasteiger charge is -2.15. The van der Waals surface area contributed by atoms with Crippen LogP contribution >= 0.6 is 31.9 Å². The molecule has 20 heavy (non-hydrogen) atoms. The van der Waals surface area contributed by atoms with E-state index in [1.807, 2.05) is 30.3 Å². The van der Waals surface area contributed by atoms with Gasteiger partial charge in [0.1, 0.15) is 5.75 Å². The lowest BCUT2D eigenvalue weighted by atomic mass is 9.99. The Kier molecular flexibility index (Phi) is 4.15. The Bertz CT molecular complexity index is 640. The van der Waals surface area contributed by atoms with Gasteiger partial charge in [0.25, 0.3) is 0 Å². The topological polar surface area (TPSA) is 29.5 Å². The highest BCUT2D eigenvalue weighted by Crippen LogP contribution is 2.36. The molecular weight excluding hydrogens is 384 g/mol. The molecule has 0 aromatic heterocycles. The molecule has 0 saturated heterocycles. The molecular formula is C16H14Br2O2. The van der Waals surface area contributed by atoms with Gasteiger partial charge in [0.15, 0.2) is 0 Å². The smallest absolute Gasteiger partial charge is 0.125 e. The third-order valence-electron chi connectivity index (χ3n) is 3.50. The van der Waals surface area contributed by atoms with E-state index in [0.29, 0.717) is 6.42 Å². The molecule has 1 heterocycles. The Hall–Kier alpha value is -0.840. The van der Waals surface area contributed by atoms with E-state index in [0.717, 1.165) is 38.8 Å². The van der Waals surface area contributed by atoms with Crippen molar-refractivity contribution in [3.8, 4) is 5.75 Å². The van der Waals surface area contributed by atoms with Crippen LogP contribution in [-0.4, -0.2) is 11.7 Å². The molecule has 3 rings (SSSR count). The Morgan fingerprint density at radius 2 is 2.00 bits per heavy atom. The van der Waals surface area contributed by atoms with E-state index in [1.165, 1.54) is 5.56 Å². The van der Waals surface area contributed by atoms with Gasteiger partial charge < -0.3 is 9.84 Å². The van der Waals surface area contributed by atoms with Crippen molar-refractivity contribution in [2.24, 2.45) is 0 Å².